The zero-order chi connectivity index (χ0) is 19.6. The highest BCUT2D eigenvalue weighted by molar-refractivity contribution is 9.10. The molecule has 0 aliphatic carbocycles. The Morgan fingerprint density at radius 2 is 1.85 bits per heavy atom. The Morgan fingerprint density at radius 3 is 2.48 bits per heavy atom. The van der Waals surface area contributed by atoms with Gasteiger partial charge in [-0.2, -0.15) is 5.10 Å². The standard InChI is InChI=1S/C17H16BrN3O5S/c1-21(27(2,23)24)13-5-3-11(4-6-13)17(22)20-19-9-12-7-15-16(8-14(12)18)26-10-25-15/h3-9H,10H2,1-2H3,(H,20,22)/b19-9-. The fourth-order valence-electron chi connectivity index (χ4n) is 2.27. The second-order valence-corrected chi connectivity index (χ2v) is 8.57. The maximum atomic E-state index is 12.2. The minimum atomic E-state index is -3.36. The molecule has 10 heteroatoms. The summed E-state index contributed by atoms with van der Waals surface area (Å²) in [6, 6.07) is 9.67. The van der Waals surface area contributed by atoms with Gasteiger partial charge in [-0.25, -0.2) is 13.8 Å². The number of sulfonamides is 1. The normalized spacial score (nSPS) is 13.0. The molecule has 0 fully saturated rings. The van der Waals surface area contributed by atoms with Gasteiger partial charge >= 0.3 is 0 Å². The molecule has 3 rings (SSSR count). The lowest BCUT2D eigenvalue weighted by Gasteiger charge is -2.16. The van der Waals surface area contributed by atoms with E-state index in [2.05, 4.69) is 26.5 Å². The zero-order valence-electron chi connectivity index (χ0n) is 14.5. The molecule has 0 atom stereocenters. The lowest BCUT2D eigenvalue weighted by atomic mass is 10.2. The number of hydrazone groups is 1. The predicted molar refractivity (Wildman–Crippen MR) is 105 cm³/mol. The number of rotatable bonds is 5. The third kappa shape index (κ3) is 4.40. The number of amides is 1. The van der Waals surface area contributed by atoms with Gasteiger partial charge in [0.05, 0.1) is 18.2 Å². The van der Waals surface area contributed by atoms with Crippen LogP contribution in [0.4, 0.5) is 5.69 Å². The van der Waals surface area contributed by atoms with Gasteiger partial charge in [-0.3, -0.25) is 9.10 Å². The van der Waals surface area contributed by atoms with Crippen LogP contribution >= 0.6 is 15.9 Å². The van der Waals surface area contributed by atoms with Crippen LogP contribution in [0.15, 0.2) is 46.0 Å². The molecule has 0 aromatic heterocycles. The Labute approximate surface area is 164 Å². The number of hydrogen-bond donors (Lipinski definition) is 1. The number of benzene rings is 2. The summed E-state index contributed by atoms with van der Waals surface area (Å²) in [5, 5.41) is 3.94. The lowest BCUT2D eigenvalue weighted by molar-refractivity contribution is 0.0955. The number of nitrogens with one attached hydrogen (secondary N) is 1. The third-order valence-electron chi connectivity index (χ3n) is 3.85. The highest BCUT2D eigenvalue weighted by Gasteiger charge is 2.16. The van der Waals surface area contributed by atoms with Crippen molar-refractivity contribution in [2.45, 2.75) is 0 Å². The van der Waals surface area contributed by atoms with Crippen molar-refractivity contribution in [2.24, 2.45) is 5.10 Å². The van der Waals surface area contributed by atoms with Crippen LogP contribution in [-0.2, 0) is 10.0 Å². The fraction of sp³-hybridized carbons (Fsp3) is 0.176. The molecule has 0 unspecified atom stereocenters. The molecule has 142 valence electrons. The average Bonchev–Trinajstić information content (AvgIpc) is 3.07. The second-order valence-electron chi connectivity index (χ2n) is 5.70. The molecule has 0 spiro atoms. The number of anilines is 1. The van der Waals surface area contributed by atoms with Crippen molar-refractivity contribution in [2.75, 3.05) is 24.4 Å². The van der Waals surface area contributed by atoms with Gasteiger partial charge in [0.1, 0.15) is 0 Å². The van der Waals surface area contributed by atoms with E-state index in [-0.39, 0.29) is 6.79 Å². The molecule has 2 aromatic rings. The van der Waals surface area contributed by atoms with Crippen LogP contribution in [0, 0.1) is 0 Å². The molecule has 0 bridgehead atoms. The molecule has 1 aliphatic rings. The maximum Gasteiger partial charge on any atom is 0.271 e. The van der Waals surface area contributed by atoms with Crippen molar-refractivity contribution in [1.82, 2.24) is 5.43 Å². The number of hydrogen-bond acceptors (Lipinski definition) is 6. The van der Waals surface area contributed by atoms with E-state index >= 15 is 0 Å². The summed E-state index contributed by atoms with van der Waals surface area (Å²) in [7, 11) is -1.91. The van der Waals surface area contributed by atoms with Crippen molar-refractivity contribution >= 4 is 43.8 Å². The van der Waals surface area contributed by atoms with Gasteiger partial charge in [0.2, 0.25) is 16.8 Å². The average molecular weight is 454 g/mol. The molecule has 0 saturated carbocycles. The molecule has 1 amide bonds. The lowest BCUT2D eigenvalue weighted by Crippen LogP contribution is -2.25. The van der Waals surface area contributed by atoms with Gasteiger partial charge in [-0.1, -0.05) is 0 Å². The van der Waals surface area contributed by atoms with E-state index in [1.807, 2.05) is 0 Å². The summed E-state index contributed by atoms with van der Waals surface area (Å²) in [6.07, 6.45) is 2.59. The number of nitrogens with zero attached hydrogens (tertiary/aromatic N) is 2. The highest BCUT2D eigenvalue weighted by atomic mass is 79.9. The summed E-state index contributed by atoms with van der Waals surface area (Å²) >= 11 is 3.41. The van der Waals surface area contributed by atoms with Gasteiger partial charge in [0.15, 0.2) is 11.5 Å². The van der Waals surface area contributed by atoms with Crippen molar-refractivity contribution in [3.8, 4) is 11.5 Å². The van der Waals surface area contributed by atoms with Crippen molar-refractivity contribution in [3.63, 3.8) is 0 Å². The SMILES string of the molecule is CN(c1ccc(C(=O)N/N=C\c2cc3c(cc2Br)OCO3)cc1)S(C)(=O)=O. The predicted octanol–water partition coefficient (Wildman–Crippen LogP) is 2.34. The van der Waals surface area contributed by atoms with Crippen molar-refractivity contribution in [1.29, 1.82) is 0 Å². The van der Waals surface area contributed by atoms with Gasteiger partial charge in [-0.05, 0) is 52.3 Å². The second kappa shape index (κ2) is 7.57. The van der Waals surface area contributed by atoms with Crippen LogP contribution in [0.5, 0.6) is 11.5 Å². The molecule has 1 N–H and O–H groups in total. The molecule has 0 saturated heterocycles. The number of carbonyl (C=O) groups is 1. The minimum Gasteiger partial charge on any atom is -0.454 e. The molecule has 1 heterocycles. The van der Waals surface area contributed by atoms with E-state index in [4.69, 9.17) is 9.47 Å². The molecule has 8 nitrogen and oxygen atoms in total. The van der Waals surface area contributed by atoms with Gasteiger partial charge in [0.25, 0.3) is 5.91 Å². The summed E-state index contributed by atoms with van der Waals surface area (Å²) in [6.45, 7) is 0.170. The van der Waals surface area contributed by atoms with E-state index in [9.17, 15) is 13.2 Å². The van der Waals surface area contributed by atoms with Crippen LogP contribution in [-0.4, -0.2) is 40.6 Å². The first kappa shape index (κ1) is 19.2. The first-order valence-electron chi connectivity index (χ1n) is 7.72. The molecular weight excluding hydrogens is 438 g/mol. The van der Waals surface area contributed by atoms with Gasteiger partial charge < -0.3 is 9.47 Å². The number of fused-ring (bicyclic) bond motifs is 1. The fourth-order valence-corrected chi connectivity index (χ4v) is 3.20. The number of carbonyl (C=O) groups excluding carboxylic acids is 1. The smallest absolute Gasteiger partial charge is 0.271 e. The Balaban J connectivity index is 1.67. The molecule has 0 radical (unpaired) electrons. The Bertz CT molecular complexity index is 1010. The van der Waals surface area contributed by atoms with Crippen LogP contribution in [0.3, 0.4) is 0 Å². The monoisotopic (exact) mass is 453 g/mol. The number of halogens is 1. The van der Waals surface area contributed by atoms with Crippen molar-refractivity contribution in [3.05, 3.63) is 52.0 Å². The molecule has 1 aliphatic heterocycles. The quantitative estimate of drug-likeness (QED) is 0.553. The van der Waals surface area contributed by atoms with Gasteiger partial charge in [-0.15, -0.1) is 0 Å². The van der Waals surface area contributed by atoms with E-state index in [0.29, 0.717) is 28.3 Å². The number of ether oxygens (including phenoxy) is 2. The summed E-state index contributed by atoms with van der Waals surface area (Å²) < 4.78 is 35.5. The Hall–Kier alpha value is -2.59. The highest BCUT2D eigenvalue weighted by Crippen LogP contribution is 2.36. The first-order chi connectivity index (χ1) is 12.8. The summed E-state index contributed by atoms with van der Waals surface area (Å²) in [5.74, 6) is 0.829. The summed E-state index contributed by atoms with van der Waals surface area (Å²) in [4.78, 5) is 12.2. The largest absolute Gasteiger partial charge is 0.454 e. The van der Waals surface area contributed by atoms with E-state index < -0.39 is 15.9 Å². The van der Waals surface area contributed by atoms with Gasteiger partial charge in [0, 0.05) is 22.6 Å². The van der Waals surface area contributed by atoms with Crippen molar-refractivity contribution < 1.29 is 22.7 Å². The topological polar surface area (TPSA) is 97.3 Å². The molecule has 2 aromatic carbocycles. The van der Waals surface area contributed by atoms with E-state index in [0.717, 1.165) is 15.0 Å². The third-order valence-corrected chi connectivity index (χ3v) is 5.74. The zero-order valence-corrected chi connectivity index (χ0v) is 16.9. The van der Waals surface area contributed by atoms with E-state index in [1.165, 1.54) is 25.4 Å². The minimum absolute atomic E-state index is 0.170. The van der Waals surface area contributed by atoms with Crippen LogP contribution in [0.25, 0.3) is 0 Å². The summed E-state index contributed by atoms with van der Waals surface area (Å²) in [5.41, 5.74) is 3.95. The Kier molecular flexibility index (Phi) is 5.38. The first-order valence-corrected chi connectivity index (χ1v) is 10.4. The molecule has 27 heavy (non-hydrogen) atoms. The van der Waals surface area contributed by atoms with Crippen LogP contribution in [0.2, 0.25) is 0 Å². The van der Waals surface area contributed by atoms with Crippen LogP contribution in [0.1, 0.15) is 15.9 Å². The Morgan fingerprint density at radius 1 is 1.22 bits per heavy atom. The van der Waals surface area contributed by atoms with E-state index in [1.54, 1.807) is 24.3 Å². The van der Waals surface area contributed by atoms with Crippen LogP contribution < -0.4 is 19.2 Å². The molecular formula is C17H16BrN3O5S. The maximum absolute atomic E-state index is 12.2.